The molecule has 1 aliphatic rings. The number of aryl methyl sites for hydroxylation is 5. The third-order valence-electron chi connectivity index (χ3n) is 8.14. The summed E-state index contributed by atoms with van der Waals surface area (Å²) in [5, 5.41) is 22.7. The highest BCUT2D eigenvalue weighted by Crippen LogP contribution is 2.22. The number of amides is 1. The molecule has 13 heteroatoms. The average molecular weight is 661 g/mol. The number of carboxylic acid groups (broad SMARTS) is 1. The third-order valence-corrected chi connectivity index (χ3v) is 9.92. The molecule has 6 N–H and O–H groups in total. The van der Waals surface area contributed by atoms with E-state index in [-0.39, 0.29) is 16.7 Å². The lowest BCUT2D eigenvalue weighted by molar-refractivity contribution is -0.138. The number of benzene rings is 3. The van der Waals surface area contributed by atoms with Crippen LogP contribution in [-0.2, 0) is 34.3 Å². The summed E-state index contributed by atoms with van der Waals surface area (Å²) in [6.45, 7) is 7.28. The van der Waals surface area contributed by atoms with Crippen molar-refractivity contribution < 1.29 is 23.1 Å². The number of fused-ring (bicyclic) bond motifs is 1. The first-order valence-electron chi connectivity index (χ1n) is 15.4. The van der Waals surface area contributed by atoms with Crippen LogP contribution in [0.15, 0.2) is 76.6 Å². The van der Waals surface area contributed by atoms with E-state index in [0.717, 1.165) is 29.8 Å². The molecule has 1 fully saturated rings. The first-order valence-corrected chi connectivity index (χ1v) is 16.9. The maximum Gasteiger partial charge on any atom is 0.323 e. The summed E-state index contributed by atoms with van der Waals surface area (Å²) in [5.41, 5.74) is 3.83. The van der Waals surface area contributed by atoms with Gasteiger partial charge in [-0.05, 0) is 61.6 Å². The first kappa shape index (κ1) is 33.9. The number of rotatable bonds is 13. The molecule has 1 aliphatic heterocycles. The predicted molar refractivity (Wildman–Crippen MR) is 180 cm³/mol. The average Bonchev–Trinajstić information content (AvgIpc) is 3.55. The fraction of sp³-hybridized carbons (Fsp3) is 0.324. The minimum Gasteiger partial charge on any atom is -0.480 e. The molecular formula is C34H40N6O6S. The number of carboxylic acids is 1. The number of pyridine rings is 1. The van der Waals surface area contributed by atoms with E-state index in [0.29, 0.717) is 41.5 Å². The van der Waals surface area contributed by atoms with Crippen LogP contribution in [0.2, 0.25) is 0 Å². The van der Waals surface area contributed by atoms with E-state index >= 15 is 0 Å². The Hall–Kier alpha value is -4.40. The van der Waals surface area contributed by atoms with Gasteiger partial charge in [-0.3, -0.25) is 30.3 Å². The van der Waals surface area contributed by atoms with Gasteiger partial charge in [0, 0.05) is 44.3 Å². The molecule has 47 heavy (non-hydrogen) atoms. The van der Waals surface area contributed by atoms with Gasteiger partial charge >= 0.3 is 5.97 Å². The molecule has 1 amide bonds. The molecule has 1 atom stereocenters. The van der Waals surface area contributed by atoms with Gasteiger partial charge in [-0.25, -0.2) is 8.42 Å². The van der Waals surface area contributed by atoms with Crippen LogP contribution >= 0.6 is 0 Å². The Kier molecular flexibility index (Phi) is 10.5. The Labute approximate surface area is 273 Å². The lowest BCUT2D eigenvalue weighted by atomic mass is 10.1. The topological polar surface area (TPSA) is 171 Å². The number of hydrogen-bond acceptors (Lipinski definition) is 8. The number of carbonyl (C=O) groups excluding carboxylic acids is 1. The van der Waals surface area contributed by atoms with Crippen LogP contribution in [0.3, 0.4) is 0 Å². The SMILES string of the molecule is Cc1cc(C)c(S(=O)(=O)NC(CNC(=O)c2cn(CCc3ccccc3)c3cc(CNC4NCCN4)ccc3c2=O)C(=O)O)c(C)c1. The predicted octanol–water partition coefficient (Wildman–Crippen LogP) is 1.90. The van der Waals surface area contributed by atoms with Crippen LogP contribution in [0, 0.1) is 20.8 Å². The molecule has 3 aromatic carbocycles. The highest BCUT2D eigenvalue weighted by molar-refractivity contribution is 7.89. The third kappa shape index (κ3) is 8.13. The van der Waals surface area contributed by atoms with E-state index in [1.807, 2.05) is 54.0 Å². The Bertz CT molecular complexity index is 1930. The van der Waals surface area contributed by atoms with Gasteiger partial charge in [0.1, 0.15) is 17.9 Å². The van der Waals surface area contributed by atoms with E-state index in [1.54, 1.807) is 32.0 Å². The van der Waals surface area contributed by atoms with E-state index in [2.05, 4.69) is 26.0 Å². The van der Waals surface area contributed by atoms with Crippen molar-refractivity contribution in [3.05, 3.63) is 110 Å². The lowest BCUT2D eigenvalue weighted by Gasteiger charge is -2.19. The van der Waals surface area contributed by atoms with Crippen molar-refractivity contribution in [3.63, 3.8) is 0 Å². The molecule has 2 heterocycles. The molecule has 1 saturated heterocycles. The summed E-state index contributed by atoms with van der Waals surface area (Å²) in [5.74, 6) is -2.28. The van der Waals surface area contributed by atoms with E-state index in [1.165, 1.54) is 6.20 Å². The summed E-state index contributed by atoms with van der Waals surface area (Å²) in [6, 6.07) is 17.0. The number of nitrogens with one attached hydrogen (secondary N) is 5. The van der Waals surface area contributed by atoms with Gasteiger partial charge < -0.3 is 15.0 Å². The van der Waals surface area contributed by atoms with Crippen LogP contribution in [0.25, 0.3) is 10.9 Å². The minimum absolute atomic E-state index is 0.0122. The Balaban J connectivity index is 1.40. The lowest BCUT2D eigenvalue weighted by Crippen LogP contribution is -2.49. The molecule has 0 bridgehead atoms. The van der Waals surface area contributed by atoms with Crippen LogP contribution in [-0.4, -0.2) is 61.9 Å². The zero-order chi connectivity index (χ0) is 33.7. The van der Waals surface area contributed by atoms with Crippen molar-refractivity contribution in [2.24, 2.45) is 0 Å². The molecule has 1 unspecified atom stereocenters. The van der Waals surface area contributed by atoms with E-state index in [4.69, 9.17) is 0 Å². The molecular weight excluding hydrogens is 620 g/mol. The molecule has 248 valence electrons. The van der Waals surface area contributed by atoms with Crippen molar-refractivity contribution in [3.8, 4) is 0 Å². The maximum absolute atomic E-state index is 13.6. The van der Waals surface area contributed by atoms with Gasteiger partial charge in [0.05, 0.1) is 10.4 Å². The van der Waals surface area contributed by atoms with E-state index in [9.17, 15) is 27.9 Å². The van der Waals surface area contributed by atoms with Gasteiger partial charge in [-0.2, -0.15) is 4.72 Å². The van der Waals surface area contributed by atoms with Gasteiger partial charge in [0.15, 0.2) is 0 Å². The molecule has 12 nitrogen and oxygen atoms in total. The number of aromatic nitrogens is 1. The summed E-state index contributed by atoms with van der Waals surface area (Å²) in [4.78, 5) is 39.2. The fourth-order valence-corrected chi connectivity index (χ4v) is 7.60. The Morgan fingerprint density at radius 3 is 2.32 bits per heavy atom. The quantitative estimate of drug-likeness (QED) is 0.125. The highest BCUT2D eigenvalue weighted by atomic mass is 32.2. The molecule has 5 rings (SSSR count). The molecule has 4 aromatic rings. The molecule has 0 spiro atoms. The fourth-order valence-electron chi connectivity index (χ4n) is 5.96. The van der Waals surface area contributed by atoms with Crippen molar-refractivity contribution >= 4 is 32.8 Å². The summed E-state index contributed by atoms with van der Waals surface area (Å²) in [7, 11) is -4.25. The molecule has 0 aliphatic carbocycles. The maximum atomic E-state index is 13.6. The second kappa shape index (κ2) is 14.6. The molecule has 1 aromatic heterocycles. The normalized spacial score (nSPS) is 14.4. The van der Waals surface area contributed by atoms with Crippen LogP contribution in [0.4, 0.5) is 0 Å². The zero-order valence-corrected chi connectivity index (χ0v) is 27.4. The minimum atomic E-state index is -4.25. The van der Waals surface area contributed by atoms with Crippen LogP contribution in [0.1, 0.15) is 38.2 Å². The molecule has 0 saturated carbocycles. The number of aliphatic carboxylic acids is 1. The monoisotopic (exact) mass is 660 g/mol. The van der Waals surface area contributed by atoms with Gasteiger partial charge in [0.2, 0.25) is 15.5 Å². The standard InChI is InChI=1S/C34H40N6O6S/c1-21-15-22(2)31(23(3)16-21)47(45,46)39-28(33(43)44)19-37-32(42)27-20-40(14-11-24-7-5-4-6-8-24)29-17-25(9-10-26(29)30(27)41)18-38-34-35-12-13-36-34/h4-10,15-17,20,28,34-36,38-39H,11-14,18-19H2,1-3H3,(H,37,42)(H,43,44). The summed E-state index contributed by atoms with van der Waals surface area (Å²) < 4.78 is 30.6. The number of hydrogen-bond donors (Lipinski definition) is 6. The van der Waals surface area contributed by atoms with Crippen molar-refractivity contribution in [1.29, 1.82) is 0 Å². The Morgan fingerprint density at radius 1 is 0.979 bits per heavy atom. The van der Waals surface area contributed by atoms with Crippen LogP contribution in [0.5, 0.6) is 0 Å². The molecule has 0 radical (unpaired) electrons. The van der Waals surface area contributed by atoms with Gasteiger partial charge in [0.25, 0.3) is 5.91 Å². The van der Waals surface area contributed by atoms with Crippen molar-refractivity contribution in [2.75, 3.05) is 19.6 Å². The summed E-state index contributed by atoms with van der Waals surface area (Å²) >= 11 is 0. The van der Waals surface area contributed by atoms with Gasteiger partial charge in [-0.1, -0.05) is 54.1 Å². The van der Waals surface area contributed by atoms with Crippen molar-refractivity contribution in [2.45, 2.75) is 57.5 Å². The van der Waals surface area contributed by atoms with Gasteiger partial charge in [-0.15, -0.1) is 0 Å². The Morgan fingerprint density at radius 2 is 1.66 bits per heavy atom. The summed E-state index contributed by atoms with van der Waals surface area (Å²) in [6.07, 6.45) is 2.11. The van der Waals surface area contributed by atoms with Crippen LogP contribution < -0.4 is 31.4 Å². The first-order chi connectivity index (χ1) is 22.4. The van der Waals surface area contributed by atoms with E-state index < -0.39 is 39.9 Å². The zero-order valence-electron chi connectivity index (χ0n) is 26.6. The largest absolute Gasteiger partial charge is 0.480 e. The second-order valence-electron chi connectivity index (χ2n) is 11.8. The number of sulfonamides is 1. The highest BCUT2D eigenvalue weighted by Gasteiger charge is 2.29. The number of nitrogens with zero attached hydrogens (tertiary/aromatic N) is 1. The second-order valence-corrected chi connectivity index (χ2v) is 13.5. The smallest absolute Gasteiger partial charge is 0.323 e. The number of carbonyl (C=O) groups is 2. The van der Waals surface area contributed by atoms with Crippen molar-refractivity contribution in [1.82, 2.24) is 30.6 Å².